The van der Waals surface area contributed by atoms with Crippen molar-refractivity contribution < 1.29 is 0 Å². The van der Waals surface area contributed by atoms with E-state index in [1.807, 2.05) is 54.6 Å². The van der Waals surface area contributed by atoms with Crippen LogP contribution in [-0.4, -0.2) is 19.9 Å². The van der Waals surface area contributed by atoms with Gasteiger partial charge in [0.15, 0.2) is 0 Å². The first-order valence-electron chi connectivity index (χ1n) is 8.96. The Kier molecular flexibility index (Phi) is 4.56. The van der Waals surface area contributed by atoms with Crippen LogP contribution in [0.25, 0.3) is 22.3 Å². The van der Waals surface area contributed by atoms with Gasteiger partial charge in [0, 0.05) is 17.8 Å². The molecule has 2 unspecified atom stereocenters. The Morgan fingerprint density at radius 3 is 2.52 bits per heavy atom. The van der Waals surface area contributed by atoms with Crippen LogP contribution in [0.1, 0.15) is 37.3 Å². The van der Waals surface area contributed by atoms with E-state index in [4.69, 9.17) is 4.98 Å². The molecular formula is C21H21N5O. The second-order valence-electron chi connectivity index (χ2n) is 6.66. The molecular weight excluding hydrogens is 338 g/mol. The Morgan fingerprint density at radius 2 is 1.70 bits per heavy atom. The van der Waals surface area contributed by atoms with Gasteiger partial charge in [0.2, 0.25) is 0 Å². The first kappa shape index (κ1) is 17.2. The van der Waals surface area contributed by atoms with Crippen molar-refractivity contribution in [2.24, 2.45) is 0 Å². The van der Waals surface area contributed by atoms with E-state index in [1.54, 1.807) is 6.20 Å². The van der Waals surface area contributed by atoms with Crippen LogP contribution in [-0.2, 0) is 0 Å². The van der Waals surface area contributed by atoms with Gasteiger partial charge in [-0.05, 0) is 37.6 Å². The molecule has 0 aliphatic heterocycles. The zero-order valence-electron chi connectivity index (χ0n) is 15.2. The summed E-state index contributed by atoms with van der Waals surface area (Å²) < 4.78 is 0. The van der Waals surface area contributed by atoms with Crippen molar-refractivity contribution in [2.45, 2.75) is 25.9 Å². The molecule has 2 atom stereocenters. The summed E-state index contributed by atoms with van der Waals surface area (Å²) in [4.78, 5) is 26.2. The second kappa shape index (κ2) is 7.17. The number of fused-ring (bicyclic) bond motifs is 1. The van der Waals surface area contributed by atoms with Crippen LogP contribution in [0.4, 0.5) is 0 Å². The third kappa shape index (κ3) is 3.66. The van der Waals surface area contributed by atoms with E-state index in [0.29, 0.717) is 0 Å². The van der Waals surface area contributed by atoms with Gasteiger partial charge in [-0.3, -0.25) is 0 Å². The maximum atomic E-state index is 11.4. The Morgan fingerprint density at radius 1 is 0.926 bits per heavy atom. The molecule has 0 aliphatic rings. The molecule has 0 amide bonds. The molecule has 0 fully saturated rings. The molecule has 0 saturated heterocycles. The van der Waals surface area contributed by atoms with Gasteiger partial charge < -0.3 is 15.3 Å². The molecule has 6 nitrogen and oxygen atoms in total. The third-order valence-electron chi connectivity index (χ3n) is 4.67. The smallest absolute Gasteiger partial charge is 0.306 e. The van der Waals surface area contributed by atoms with E-state index in [-0.39, 0.29) is 17.8 Å². The summed E-state index contributed by atoms with van der Waals surface area (Å²) in [6.07, 6.45) is 1.80. The van der Waals surface area contributed by atoms with Gasteiger partial charge in [0.05, 0.1) is 22.8 Å². The summed E-state index contributed by atoms with van der Waals surface area (Å²) in [5, 5.41) is 3.54. The summed E-state index contributed by atoms with van der Waals surface area (Å²) in [6.45, 7) is 4.14. The fourth-order valence-corrected chi connectivity index (χ4v) is 3.22. The Hall–Kier alpha value is -3.25. The molecule has 0 aliphatic carbocycles. The zero-order chi connectivity index (χ0) is 18.8. The van der Waals surface area contributed by atoms with Crippen LogP contribution in [0.3, 0.4) is 0 Å². The molecule has 4 aromatic rings. The lowest BCUT2D eigenvalue weighted by molar-refractivity contribution is 0.477. The summed E-state index contributed by atoms with van der Waals surface area (Å²) >= 11 is 0. The largest absolute Gasteiger partial charge is 0.323 e. The van der Waals surface area contributed by atoms with Crippen molar-refractivity contribution in [1.29, 1.82) is 0 Å². The van der Waals surface area contributed by atoms with Gasteiger partial charge in [-0.25, -0.2) is 14.8 Å². The monoisotopic (exact) mass is 359 g/mol. The summed E-state index contributed by atoms with van der Waals surface area (Å²) in [5.74, 6) is 0.749. The highest BCUT2D eigenvalue weighted by Crippen LogP contribution is 2.22. The van der Waals surface area contributed by atoms with E-state index >= 15 is 0 Å². The maximum Gasteiger partial charge on any atom is 0.323 e. The van der Waals surface area contributed by atoms with E-state index < -0.39 is 0 Å². The molecule has 4 rings (SSSR count). The predicted octanol–water partition coefficient (Wildman–Crippen LogP) is 3.73. The minimum Gasteiger partial charge on any atom is -0.306 e. The lowest BCUT2D eigenvalue weighted by atomic mass is 10.1. The normalized spacial score (nSPS) is 13.6. The first-order valence-corrected chi connectivity index (χ1v) is 8.96. The number of nitrogens with one attached hydrogen (secondary N) is 3. The minimum atomic E-state index is -0.192. The highest BCUT2D eigenvalue weighted by atomic mass is 16.1. The summed E-state index contributed by atoms with van der Waals surface area (Å²) in [6, 6.07) is 18.0. The van der Waals surface area contributed by atoms with E-state index in [0.717, 1.165) is 33.7 Å². The molecule has 0 radical (unpaired) electrons. The van der Waals surface area contributed by atoms with Gasteiger partial charge in [-0.1, -0.05) is 36.4 Å². The van der Waals surface area contributed by atoms with Crippen molar-refractivity contribution in [1.82, 2.24) is 25.3 Å². The number of hydrogen-bond acceptors (Lipinski definition) is 4. The number of aromatic amines is 2. The SMILES string of the molecule is CC(NC(C)c1nccc(-c2ccccc2)n1)c1ccc2[nH]c(=O)[nH]c2c1. The van der Waals surface area contributed by atoms with Crippen LogP contribution in [0, 0.1) is 0 Å². The summed E-state index contributed by atoms with van der Waals surface area (Å²) in [7, 11) is 0. The van der Waals surface area contributed by atoms with Crippen LogP contribution >= 0.6 is 0 Å². The van der Waals surface area contributed by atoms with Gasteiger partial charge in [-0.15, -0.1) is 0 Å². The number of hydrogen-bond donors (Lipinski definition) is 3. The number of benzene rings is 2. The first-order chi connectivity index (χ1) is 13.1. The predicted molar refractivity (Wildman–Crippen MR) is 106 cm³/mol. The fourth-order valence-electron chi connectivity index (χ4n) is 3.22. The van der Waals surface area contributed by atoms with Crippen LogP contribution < -0.4 is 11.0 Å². The molecule has 2 aromatic carbocycles. The molecule has 27 heavy (non-hydrogen) atoms. The highest BCUT2D eigenvalue weighted by molar-refractivity contribution is 5.75. The molecule has 0 spiro atoms. The lowest BCUT2D eigenvalue weighted by Crippen LogP contribution is -2.24. The van der Waals surface area contributed by atoms with Gasteiger partial charge in [0.25, 0.3) is 0 Å². The fraction of sp³-hybridized carbons (Fsp3) is 0.190. The Labute approximate surface area is 156 Å². The summed E-state index contributed by atoms with van der Waals surface area (Å²) in [5.41, 5.74) is 4.49. The van der Waals surface area contributed by atoms with Crippen molar-refractivity contribution in [3.8, 4) is 11.3 Å². The third-order valence-corrected chi connectivity index (χ3v) is 4.67. The number of aromatic nitrogens is 4. The Bertz CT molecular complexity index is 1120. The van der Waals surface area contributed by atoms with Crippen molar-refractivity contribution >= 4 is 11.0 Å². The zero-order valence-corrected chi connectivity index (χ0v) is 15.2. The van der Waals surface area contributed by atoms with Crippen molar-refractivity contribution in [3.05, 3.63) is 82.7 Å². The molecule has 2 aromatic heterocycles. The maximum absolute atomic E-state index is 11.4. The van der Waals surface area contributed by atoms with Crippen molar-refractivity contribution in [3.63, 3.8) is 0 Å². The van der Waals surface area contributed by atoms with Crippen molar-refractivity contribution in [2.75, 3.05) is 0 Å². The second-order valence-corrected chi connectivity index (χ2v) is 6.66. The van der Waals surface area contributed by atoms with Crippen LogP contribution in [0.15, 0.2) is 65.6 Å². The lowest BCUT2D eigenvalue weighted by Gasteiger charge is -2.20. The molecule has 3 N–H and O–H groups in total. The number of nitrogens with zero attached hydrogens (tertiary/aromatic N) is 2. The standard InChI is InChI=1S/C21H21N5O/c1-13(16-8-9-18-19(12-16)26-21(27)25-18)23-14(2)20-22-11-10-17(24-20)15-6-4-3-5-7-15/h3-14,23H,1-2H3,(H2,25,26,27). The topological polar surface area (TPSA) is 86.5 Å². The quantitative estimate of drug-likeness (QED) is 0.507. The van der Waals surface area contributed by atoms with Gasteiger partial charge in [-0.2, -0.15) is 0 Å². The van der Waals surface area contributed by atoms with Gasteiger partial charge in [0.1, 0.15) is 5.82 Å². The molecule has 0 bridgehead atoms. The molecule has 6 heteroatoms. The van der Waals surface area contributed by atoms with Crippen LogP contribution in [0.5, 0.6) is 0 Å². The molecule has 0 saturated carbocycles. The molecule has 136 valence electrons. The Balaban J connectivity index is 1.54. The van der Waals surface area contributed by atoms with E-state index in [2.05, 4.69) is 34.1 Å². The molecule has 2 heterocycles. The number of H-pyrrole nitrogens is 2. The van der Waals surface area contributed by atoms with E-state index in [1.165, 1.54) is 0 Å². The van der Waals surface area contributed by atoms with Gasteiger partial charge >= 0.3 is 5.69 Å². The van der Waals surface area contributed by atoms with Crippen LogP contribution in [0.2, 0.25) is 0 Å². The minimum absolute atomic E-state index is 0.0235. The highest BCUT2D eigenvalue weighted by Gasteiger charge is 2.15. The average Bonchev–Trinajstić information content (AvgIpc) is 3.08. The number of imidazole rings is 1. The van der Waals surface area contributed by atoms with E-state index in [9.17, 15) is 4.79 Å². The average molecular weight is 359 g/mol. The number of rotatable bonds is 5.